The topological polar surface area (TPSA) is 38.3 Å². The number of quaternary nitrogens is 1. The van der Waals surface area contributed by atoms with E-state index < -0.39 is 0 Å². The Morgan fingerprint density at radius 2 is 2.03 bits per heavy atom. The molecule has 37 heavy (non-hydrogen) atoms. The van der Waals surface area contributed by atoms with Gasteiger partial charge in [0.1, 0.15) is 5.75 Å². The second-order valence-corrected chi connectivity index (χ2v) is 12.4. The highest BCUT2D eigenvalue weighted by Crippen LogP contribution is 2.51. The third kappa shape index (κ3) is 6.35. The van der Waals surface area contributed by atoms with Crippen LogP contribution in [0.4, 0.5) is 0 Å². The summed E-state index contributed by atoms with van der Waals surface area (Å²) in [5.41, 5.74) is 2.25. The van der Waals surface area contributed by atoms with Gasteiger partial charge in [0.25, 0.3) is 0 Å². The van der Waals surface area contributed by atoms with E-state index in [0.717, 1.165) is 61.1 Å². The third-order valence-electron chi connectivity index (χ3n) is 8.52. The van der Waals surface area contributed by atoms with Gasteiger partial charge in [-0.25, -0.2) is 0 Å². The smallest absolute Gasteiger partial charge is 0.224 e. The van der Waals surface area contributed by atoms with E-state index in [9.17, 15) is 4.79 Å². The number of hydrogen-bond donors (Lipinski definition) is 1. The number of likely N-dealkylation sites (tertiary alicyclic amines) is 1. The van der Waals surface area contributed by atoms with Crippen molar-refractivity contribution < 1.29 is 14.0 Å². The van der Waals surface area contributed by atoms with Gasteiger partial charge >= 0.3 is 0 Å². The van der Waals surface area contributed by atoms with Crippen molar-refractivity contribution in [2.75, 3.05) is 33.3 Å². The zero-order chi connectivity index (χ0) is 26.6. The summed E-state index contributed by atoms with van der Waals surface area (Å²) in [6.45, 7) is 13.2. The van der Waals surface area contributed by atoms with Crippen molar-refractivity contribution in [2.24, 2.45) is 11.8 Å². The summed E-state index contributed by atoms with van der Waals surface area (Å²) in [5.74, 6) is 2.13. The van der Waals surface area contributed by atoms with E-state index >= 15 is 0 Å². The number of fused-ring (bicyclic) bond motifs is 1. The molecular weight excluding hydrogens is 503 g/mol. The number of methoxy groups -OCH3 is 1. The van der Waals surface area contributed by atoms with Crippen molar-refractivity contribution in [1.82, 2.24) is 5.32 Å². The lowest BCUT2D eigenvalue weighted by Crippen LogP contribution is -2.64. The van der Waals surface area contributed by atoms with Gasteiger partial charge in [0.15, 0.2) is 0 Å². The number of halogens is 2. The molecule has 1 saturated heterocycles. The summed E-state index contributed by atoms with van der Waals surface area (Å²) in [7, 11) is 1.73. The molecule has 1 aliphatic heterocycles. The number of piperidine rings is 1. The predicted octanol–water partition coefficient (Wildman–Crippen LogP) is 6.83. The Hall–Kier alpha value is -2.01. The molecule has 4 atom stereocenters. The number of hydrogen-bond acceptors (Lipinski definition) is 2. The van der Waals surface area contributed by atoms with E-state index in [2.05, 4.69) is 50.0 Å². The molecule has 0 radical (unpaired) electrons. The Morgan fingerprint density at radius 1 is 1.22 bits per heavy atom. The fraction of sp³-hybridized carbons (Fsp3) is 0.516. The highest BCUT2D eigenvalue weighted by molar-refractivity contribution is 6.42. The lowest BCUT2D eigenvalue weighted by atomic mass is 9.57. The largest absolute Gasteiger partial charge is 0.497 e. The number of carbonyl (C=O) groups excluding carboxylic acids is 1. The molecule has 1 heterocycles. The Balaban J connectivity index is 1.57. The Morgan fingerprint density at radius 3 is 2.73 bits per heavy atom. The Labute approximate surface area is 232 Å². The number of nitrogens with one attached hydrogen (secondary N) is 1. The quantitative estimate of drug-likeness (QED) is 0.278. The summed E-state index contributed by atoms with van der Waals surface area (Å²) < 4.78 is 6.74. The molecule has 4 nitrogen and oxygen atoms in total. The van der Waals surface area contributed by atoms with Crippen molar-refractivity contribution in [1.29, 1.82) is 0 Å². The molecule has 1 aliphatic carbocycles. The van der Waals surface area contributed by atoms with Gasteiger partial charge in [0.05, 0.1) is 49.8 Å². The molecule has 2 aliphatic rings. The molecule has 1 saturated carbocycles. The van der Waals surface area contributed by atoms with Crippen LogP contribution in [0.3, 0.4) is 0 Å². The fourth-order valence-electron chi connectivity index (χ4n) is 7.08. The van der Waals surface area contributed by atoms with E-state index in [1.807, 2.05) is 12.1 Å². The van der Waals surface area contributed by atoms with Gasteiger partial charge in [0.2, 0.25) is 5.91 Å². The van der Waals surface area contributed by atoms with Crippen LogP contribution in [0.25, 0.3) is 0 Å². The van der Waals surface area contributed by atoms with E-state index in [1.54, 1.807) is 19.2 Å². The minimum atomic E-state index is 0.0220. The van der Waals surface area contributed by atoms with Gasteiger partial charge in [-0.1, -0.05) is 61.8 Å². The molecule has 0 spiro atoms. The zero-order valence-corrected chi connectivity index (χ0v) is 24.0. The lowest BCUT2D eigenvalue weighted by molar-refractivity contribution is -0.935. The molecule has 1 N–H and O–H groups in total. The molecule has 2 fully saturated rings. The van der Waals surface area contributed by atoms with Gasteiger partial charge in [-0.2, -0.15) is 0 Å². The summed E-state index contributed by atoms with van der Waals surface area (Å²) in [6, 6.07) is 14.2. The number of ether oxygens (including phenoxy) is 1. The number of carbonyl (C=O) groups is 1. The van der Waals surface area contributed by atoms with Crippen molar-refractivity contribution in [3.63, 3.8) is 0 Å². The first-order valence-corrected chi connectivity index (χ1v) is 14.3. The van der Waals surface area contributed by atoms with E-state index in [-0.39, 0.29) is 17.4 Å². The van der Waals surface area contributed by atoms with Gasteiger partial charge in [0, 0.05) is 29.7 Å². The number of amides is 1. The van der Waals surface area contributed by atoms with Crippen molar-refractivity contribution in [3.8, 4) is 5.75 Å². The molecule has 1 amide bonds. The molecule has 1 unspecified atom stereocenters. The molecule has 4 rings (SSSR count). The number of benzene rings is 2. The SMILES string of the molecule is C=CC[N@@+]1(CC(C)C)CC[C@]2(c3cccc(OC)c3)C[C@@H](NC(=O)Cc3ccc(Cl)c(Cl)c3)CCC2C1. The van der Waals surface area contributed by atoms with Crippen LogP contribution in [-0.4, -0.2) is 49.7 Å². The molecular formula is C31H41Cl2N2O2+. The maximum atomic E-state index is 13.1. The molecule has 0 aromatic heterocycles. The average molecular weight is 545 g/mol. The van der Waals surface area contributed by atoms with Crippen molar-refractivity contribution in [3.05, 3.63) is 76.3 Å². The maximum absolute atomic E-state index is 13.1. The van der Waals surface area contributed by atoms with E-state index in [1.165, 1.54) is 12.1 Å². The van der Waals surface area contributed by atoms with Crippen LogP contribution in [0.2, 0.25) is 10.0 Å². The standard InChI is InChI=1S/C31H40Cl2N2O2/c1-5-14-35(20-22(2)3)15-13-31(24-7-6-8-27(18-24)37-4)19-26(11-10-25(31)21-35)34-30(36)17-23-9-12-28(32)29(33)16-23/h5-9,12,16,18,22,25-26H,1,10-11,13-15,17,19-21H2,2-4H3/p+1/t25?,26-,31+,35-/m0/s1. The van der Waals surface area contributed by atoms with Crippen LogP contribution < -0.4 is 10.1 Å². The molecule has 2 aromatic rings. The van der Waals surface area contributed by atoms with Crippen LogP contribution in [0.1, 0.15) is 50.7 Å². The summed E-state index contributed by atoms with van der Waals surface area (Å²) in [6.07, 6.45) is 6.56. The second kappa shape index (κ2) is 11.8. The minimum Gasteiger partial charge on any atom is -0.497 e. The van der Waals surface area contributed by atoms with Crippen LogP contribution in [0.5, 0.6) is 5.75 Å². The van der Waals surface area contributed by atoms with Crippen LogP contribution in [0.15, 0.2) is 55.1 Å². The summed E-state index contributed by atoms with van der Waals surface area (Å²) in [4.78, 5) is 13.1. The first kappa shape index (κ1) is 28.0. The highest BCUT2D eigenvalue weighted by atomic mass is 35.5. The third-order valence-corrected chi connectivity index (χ3v) is 9.26. The number of rotatable bonds is 9. The van der Waals surface area contributed by atoms with Gasteiger partial charge in [-0.05, 0) is 60.7 Å². The second-order valence-electron chi connectivity index (χ2n) is 11.6. The normalized spacial score (nSPS) is 27.4. The monoisotopic (exact) mass is 543 g/mol. The molecule has 2 aromatic carbocycles. The maximum Gasteiger partial charge on any atom is 0.224 e. The Bertz CT molecular complexity index is 1120. The molecule has 0 bridgehead atoms. The highest BCUT2D eigenvalue weighted by Gasteiger charge is 2.53. The zero-order valence-electron chi connectivity index (χ0n) is 22.4. The van der Waals surface area contributed by atoms with E-state index in [4.69, 9.17) is 27.9 Å². The van der Waals surface area contributed by atoms with E-state index in [0.29, 0.717) is 28.3 Å². The predicted molar refractivity (Wildman–Crippen MR) is 153 cm³/mol. The fourth-order valence-corrected chi connectivity index (χ4v) is 7.40. The Kier molecular flexibility index (Phi) is 8.93. The number of nitrogens with zero attached hydrogens (tertiary/aromatic N) is 1. The first-order valence-electron chi connectivity index (χ1n) is 13.5. The van der Waals surface area contributed by atoms with Gasteiger partial charge < -0.3 is 14.5 Å². The lowest BCUT2D eigenvalue weighted by Gasteiger charge is -2.56. The van der Waals surface area contributed by atoms with Crippen LogP contribution in [0, 0.1) is 11.8 Å². The van der Waals surface area contributed by atoms with Crippen LogP contribution >= 0.6 is 23.2 Å². The summed E-state index contributed by atoms with van der Waals surface area (Å²) >= 11 is 12.2. The van der Waals surface area contributed by atoms with Gasteiger partial charge in [-0.15, -0.1) is 0 Å². The molecule has 200 valence electrons. The minimum absolute atomic E-state index is 0.0220. The van der Waals surface area contributed by atoms with Crippen LogP contribution in [-0.2, 0) is 16.6 Å². The van der Waals surface area contributed by atoms with Crippen molar-refractivity contribution >= 4 is 29.1 Å². The first-order chi connectivity index (χ1) is 17.7. The average Bonchev–Trinajstić information content (AvgIpc) is 2.86. The van der Waals surface area contributed by atoms with Gasteiger partial charge in [-0.3, -0.25) is 4.79 Å². The summed E-state index contributed by atoms with van der Waals surface area (Å²) in [5, 5.41) is 4.35. The van der Waals surface area contributed by atoms with Crippen molar-refractivity contribution in [2.45, 2.75) is 57.4 Å². The molecule has 6 heteroatoms.